The second-order valence-electron chi connectivity index (χ2n) is 5.59. The van der Waals surface area contributed by atoms with Gasteiger partial charge in [0.25, 0.3) is 0 Å². The lowest BCUT2D eigenvalue weighted by atomic mass is 10.1. The zero-order chi connectivity index (χ0) is 15.7. The topological polar surface area (TPSA) is 35.5 Å². The number of nitrogens with zero attached hydrogens (tertiary/aromatic N) is 1. The summed E-state index contributed by atoms with van der Waals surface area (Å²) in [7, 11) is 2.12. The second-order valence-corrected chi connectivity index (χ2v) is 6.44. The SMILES string of the molecule is CCCNC(C)c1ccc(N(C)CCCCCO)cc1Br. The van der Waals surface area contributed by atoms with E-state index < -0.39 is 0 Å². The van der Waals surface area contributed by atoms with Crippen LogP contribution in [0.5, 0.6) is 0 Å². The van der Waals surface area contributed by atoms with Gasteiger partial charge in [0, 0.05) is 36.4 Å². The number of anilines is 1. The smallest absolute Gasteiger partial charge is 0.0431 e. The molecule has 0 aromatic heterocycles. The standard InChI is InChI=1S/C17H29BrN2O/c1-4-10-19-14(2)16-9-8-15(13-17(16)18)20(3)11-6-5-7-12-21/h8-9,13-14,19,21H,4-7,10-12H2,1-3H3. The van der Waals surface area contributed by atoms with E-state index in [0.717, 1.165) is 38.8 Å². The van der Waals surface area contributed by atoms with E-state index >= 15 is 0 Å². The molecule has 0 saturated heterocycles. The van der Waals surface area contributed by atoms with Gasteiger partial charge in [-0.1, -0.05) is 28.9 Å². The number of aliphatic hydroxyl groups excluding tert-OH is 1. The van der Waals surface area contributed by atoms with Crippen molar-refractivity contribution < 1.29 is 5.11 Å². The van der Waals surface area contributed by atoms with Crippen LogP contribution in [0.2, 0.25) is 0 Å². The summed E-state index contributed by atoms with van der Waals surface area (Å²) in [6, 6.07) is 6.96. The number of rotatable bonds is 10. The van der Waals surface area contributed by atoms with E-state index in [9.17, 15) is 0 Å². The molecule has 0 fully saturated rings. The number of hydrogen-bond donors (Lipinski definition) is 2. The Morgan fingerprint density at radius 1 is 1.29 bits per heavy atom. The lowest BCUT2D eigenvalue weighted by molar-refractivity contribution is 0.283. The van der Waals surface area contributed by atoms with Crippen molar-refractivity contribution in [1.29, 1.82) is 0 Å². The van der Waals surface area contributed by atoms with E-state index in [2.05, 4.69) is 65.2 Å². The normalized spacial score (nSPS) is 12.4. The van der Waals surface area contributed by atoms with Crippen molar-refractivity contribution in [2.75, 3.05) is 31.6 Å². The number of aliphatic hydroxyl groups is 1. The van der Waals surface area contributed by atoms with Crippen LogP contribution in [0.4, 0.5) is 5.69 Å². The van der Waals surface area contributed by atoms with Crippen LogP contribution in [0.25, 0.3) is 0 Å². The van der Waals surface area contributed by atoms with Gasteiger partial charge in [-0.2, -0.15) is 0 Å². The maximum Gasteiger partial charge on any atom is 0.0431 e. The van der Waals surface area contributed by atoms with Crippen LogP contribution < -0.4 is 10.2 Å². The van der Waals surface area contributed by atoms with Gasteiger partial charge in [-0.25, -0.2) is 0 Å². The molecule has 0 radical (unpaired) electrons. The quantitative estimate of drug-likeness (QED) is 0.619. The summed E-state index contributed by atoms with van der Waals surface area (Å²) in [5.74, 6) is 0. The third-order valence-electron chi connectivity index (χ3n) is 3.74. The average molecular weight is 357 g/mol. The molecule has 0 spiro atoms. The predicted octanol–water partition coefficient (Wildman–Crippen LogP) is 4.11. The molecule has 120 valence electrons. The number of nitrogens with one attached hydrogen (secondary N) is 1. The van der Waals surface area contributed by atoms with Crippen LogP contribution in [0, 0.1) is 0 Å². The first-order valence-electron chi connectivity index (χ1n) is 7.95. The van der Waals surface area contributed by atoms with E-state index in [1.54, 1.807) is 0 Å². The van der Waals surface area contributed by atoms with Gasteiger partial charge in [-0.05, 0) is 56.8 Å². The Bertz CT molecular complexity index is 412. The van der Waals surface area contributed by atoms with Gasteiger partial charge >= 0.3 is 0 Å². The van der Waals surface area contributed by atoms with Crippen molar-refractivity contribution in [2.45, 2.75) is 45.6 Å². The number of unbranched alkanes of at least 4 members (excludes halogenated alkanes) is 2. The highest BCUT2D eigenvalue weighted by Gasteiger charge is 2.10. The summed E-state index contributed by atoms with van der Waals surface area (Å²) in [4.78, 5) is 2.27. The van der Waals surface area contributed by atoms with Crippen molar-refractivity contribution in [3.8, 4) is 0 Å². The van der Waals surface area contributed by atoms with E-state index in [1.165, 1.54) is 15.7 Å². The molecular formula is C17H29BrN2O. The van der Waals surface area contributed by atoms with Crippen molar-refractivity contribution >= 4 is 21.6 Å². The molecule has 1 aromatic carbocycles. The lowest BCUT2D eigenvalue weighted by Gasteiger charge is -2.22. The molecule has 0 heterocycles. The van der Waals surface area contributed by atoms with Gasteiger partial charge in [-0.15, -0.1) is 0 Å². The molecule has 0 aliphatic carbocycles. The minimum absolute atomic E-state index is 0.298. The maximum atomic E-state index is 8.80. The molecule has 0 bridgehead atoms. The molecule has 1 rings (SSSR count). The third kappa shape index (κ3) is 6.37. The van der Waals surface area contributed by atoms with E-state index in [1.807, 2.05) is 0 Å². The zero-order valence-electron chi connectivity index (χ0n) is 13.5. The van der Waals surface area contributed by atoms with Crippen LogP contribution in [0.3, 0.4) is 0 Å². The fraction of sp³-hybridized carbons (Fsp3) is 0.647. The minimum atomic E-state index is 0.298. The van der Waals surface area contributed by atoms with E-state index in [-0.39, 0.29) is 0 Å². The number of hydrogen-bond acceptors (Lipinski definition) is 3. The van der Waals surface area contributed by atoms with Crippen LogP contribution in [0.1, 0.15) is 51.1 Å². The van der Waals surface area contributed by atoms with Crippen molar-refractivity contribution in [1.82, 2.24) is 5.32 Å². The summed E-state index contributed by atoms with van der Waals surface area (Å²) in [6.07, 6.45) is 4.25. The lowest BCUT2D eigenvalue weighted by Crippen LogP contribution is -2.21. The minimum Gasteiger partial charge on any atom is -0.396 e. The molecule has 0 aliphatic rings. The predicted molar refractivity (Wildman–Crippen MR) is 95.1 cm³/mol. The first kappa shape index (κ1) is 18.5. The maximum absolute atomic E-state index is 8.80. The average Bonchev–Trinajstić information content (AvgIpc) is 2.48. The van der Waals surface area contributed by atoms with Crippen molar-refractivity contribution in [2.24, 2.45) is 0 Å². The monoisotopic (exact) mass is 356 g/mol. The van der Waals surface area contributed by atoms with Crippen molar-refractivity contribution in [3.05, 3.63) is 28.2 Å². The molecular weight excluding hydrogens is 328 g/mol. The molecule has 1 atom stereocenters. The molecule has 21 heavy (non-hydrogen) atoms. The van der Waals surface area contributed by atoms with Gasteiger partial charge < -0.3 is 15.3 Å². The van der Waals surface area contributed by atoms with Crippen LogP contribution >= 0.6 is 15.9 Å². The van der Waals surface area contributed by atoms with Crippen LogP contribution in [-0.2, 0) is 0 Å². The molecule has 4 heteroatoms. The summed E-state index contributed by atoms with van der Waals surface area (Å²) in [5.41, 5.74) is 2.54. The summed E-state index contributed by atoms with van der Waals surface area (Å²) in [6.45, 7) is 6.75. The van der Waals surface area contributed by atoms with Gasteiger partial charge in [0.15, 0.2) is 0 Å². The van der Waals surface area contributed by atoms with E-state index in [0.29, 0.717) is 12.6 Å². The highest BCUT2D eigenvalue weighted by molar-refractivity contribution is 9.10. The Balaban J connectivity index is 2.59. The Labute approximate surface area is 137 Å². The zero-order valence-corrected chi connectivity index (χ0v) is 15.1. The highest BCUT2D eigenvalue weighted by Crippen LogP contribution is 2.28. The third-order valence-corrected chi connectivity index (χ3v) is 4.43. The Hall–Kier alpha value is -0.580. The summed E-state index contributed by atoms with van der Waals surface area (Å²) < 4.78 is 1.17. The largest absolute Gasteiger partial charge is 0.396 e. The fourth-order valence-corrected chi connectivity index (χ4v) is 3.05. The van der Waals surface area contributed by atoms with Gasteiger partial charge in [0.2, 0.25) is 0 Å². The van der Waals surface area contributed by atoms with Crippen molar-refractivity contribution in [3.63, 3.8) is 0 Å². The molecule has 0 saturated carbocycles. The van der Waals surface area contributed by atoms with Gasteiger partial charge in [0.05, 0.1) is 0 Å². The highest BCUT2D eigenvalue weighted by atomic mass is 79.9. The number of benzene rings is 1. The molecule has 1 unspecified atom stereocenters. The first-order chi connectivity index (χ1) is 10.1. The van der Waals surface area contributed by atoms with Crippen LogP contribution in [0.15, 0.2) is 22.7 Å². The Morgan fingerprint density at radius 2 is 2.05 bits per heavy atom. The molecule has 2 N–H and O–H groups in total. The summed E-state index contributed by atoms with van der Waals surface area (Å²) >= 11 is 3.70. The van der Waals surface area contributed by atoms with Gasteiger partial charge in [-0.3, -0.25) is 0 Å². The number of halogens is 1. The molecule has 0 amide bonds. The Morgan fingerprint density at radius 3 is 2.67 bits per heavy atom. The molecule has 0 aliphatic heterocycles. The fourth-order valence-electron chi connectivity index (χ4n) is 2.34. The molecule has 3 nitrogen and oxygen atoms in total. The van der Waals surface area contributed by atoms with E-state index in [4.69, 9.17) is 5.11 Å². The molecule has 1 aromatic rings. The first-order valence-corrected chi connectivity index (χ1v) is 8.74. The Kier molecular flexibility index (Phi) is 8.97. The van der Waals surface area contributed by atoms with Gasteiger partial charge in [0.1, 0.15) is 0 Å². The summed E-state index contributed by atoms with van der Waals surface area (Å²) in [5, 5.41) is 12.3. The van der Waals surface area contributed by atoms with Crippen LogP contribution in [-0.4, -0.2) is 31.9 Å². The second kappa shape index (κ2) is 10.2.